The Labute approximate surface area is 129 Å². The molecule has 1 heterocycles. The highest BCUT2D eigenvalue weighted by molar-refractivity contribution is 5.97. The molecular formula is C16H22FN3O2. The summed E-state index contributed by atoms with van der Waals surface area (Å²) in [6.45, 7) is 3.95. The predicted molar refractivity (Wildman–Crippen MR) is 82.7 cm³/mol. The molecule has 0 aliphatic carbocycles. The average molecular weight is 307 g/mol. The summed E-state index contributed by atoms with van der Waals surface area (Å²) in [6.07, 6.45) is 3.16. The van der Waals surface area contributed by atoms with Gasteiger partial charge in [0.2, 0.25) is 0 Å². The maximum atomic E-state index is 12.8. The number of benzene rings is 1. The molecule has 1 fully saturated rings. The van der Waals surface area contributed by atoms with Crippen molar-refractivity contribution in [2.24, 2.45) is 10.9 Å². The number of rotatable bonds is 4. The van der Waals surface area contributed by atoms with E-state index in [1.807, 2.05) is 18.7 Å². The van der Waals surface area contributed by atoms with E-state index in [0.717, 1.165) is 19.3 Å². The molecule has 1 aliphatic rings. The van der Waals surface area contributed by atoms with Crippen LogP contribution in [0.1, 0.15) is 38.7 Å². The minimum atomic E-state index is -0.347. The van der Waals surface area contributed by atoms with Crippen molar-refractivity contribution in [1.82, 2.24) is 4.90 Å². The largest absolute Gasteiger partial charge is 0.384 e. The first-order valence-corrected chi connectivity index (χ1v) is 7.51. The molecule has 1 aliphatic heterocycles. The van der Waals surface area contributed by atoms with Crippen molar-refractivity contribution >= 4 is 11.7 Å². The van der Waals surface area contributed by atoms with E-state index in [0.29, 0.717) is 5.56 Å². The number of carbonyl (C=O) groups is 1. The Morgan fingerprint density at radius 3 is 2.50 bits per heavy atom. The van der Waals surface area contributed by atoms with E-state index in [1.54, 1.807) is 0 Å². The van der Waals surface area contributed by atoms with Crippen LogP contribution in [-0.2, 0) is 9.63 Å². The lowest BCUT2D eigenvalue weighted by molar-refractivity contribution is -0.142. The van der Waals surface area contributed by atoms with Crippen LogP contribution in [0.5, 0.6) is 0 Å². The molecule has 2 unspecified atom stereocenters. The number of amidine groups is 1. The topological polar surface area (TPSA) is 67.9 Å². The number of likely N-dealkylation sites (tertiary alicyclic amines) is 1. The maximum absolute atomic E-state index is 12.8. The van der Waals surface area contributed by atoms with Gasteiger partial charge >= 0.3 is 0 Å². The van der Waals surface area contributed by atoms with Crippen molar-refractivity contribution in [1.29, 1.82) is 0 Å². The molecule has 1 aromatic rings. The van der Waals surface area contributed by atoms with Crippen LogP contribution in [0.15, 0.2) is 29.4 Å². The molecule has 2 rings (SSSR count). The van der Waals surface area contributed by atoms with Crippen molar-refractivity contribution in [2.45, 2.75) is 45.2 Å². The molecule has 0 spiro atoms. The monoisotopic (exact) mass is 307 g/mol. The van der Waals surface area contributed by atoms with Gasteiger partial charge in [-0.15, -0.1) is 0 Å². The van der Waals surface area contributed by atoms with Gasteiger partial charge in [-0.2, -0.15) is 0 Å². The SMILES string of the molecule is CC1CCCC(C)N1C(=O)CO/N=C(/N)c1ccc(F)cc1. The summed E-state index contributed by atoms with van der Waals surface area (Å²) in [4.78, 5) is 19.1. The molecule has 22 heavy (non-hydrogen) atoms. The number of halogens is 1. The van der Waals surface area contributed by atoms with E-state index in [1.165, 1.54) is 24.3 Å². The van der Waals surface area contributed by atoms with Gasteiger partial charge in [0, 0.05) is 17.6 Å². The van der Waals surface area contributed by atoms with Gasteiger partial charge in [-0.1, -0.05) is 5.16 Å². The van der Waals surface area contributed by atoms with Crippen LogP contribution in [0.3, 0.4) is 0 Å². The molecule has 0 bridgehead atoms. The lowest BCUT2D eigenvalue weighted by Crippen LogP contribution is -2.48. The zero-order chi connectivity index (χ0) is 16.1. The number of hydrogen-bond acceptors (Lipinski definition) is 3. The first-order valence-electron chi connectivity index (χ1n) is 7.51. The van der Waals surface area contributed by atoms with Gasteiger partial charge in [-0.05, 0) is 57.4 Å². The zero-order valence-corrected chi connectivity index (χ0v) is 13.0. The molecule has 0 aromatic heterocycles. The minimum Gasteiger partial charge on any atom is -0.384 e. The van der Waals surface area contributed by atoms with Crippen LogP contribution in [0.25, 0.3) is 0 Å². The van der Waals surface area contributed by atoms with E-state index in [2.05, 4.69) is 5.16 Å². The van der Waals surface area contributed by atoms with Crippen LogP contribution in [0.4, 0.5) is 4.39 Å². The molecule has 0 saturated carbocycles. The molecular weight excluding hydrogens is 285 g/mol. The van der Waals surface area contributed by atoms with E-state index < -0.39 is 0 Å². The number of oxime groups is 1. The summed E-state index contributed by atoms with van der Waals surface area (Å²) in [5, 5.41) is 3.73. The molecule has 2 atom stereocenters. The summed E-state index contributed by atoms with van der Waals surface area (Å²) in [7, 11) is 0. The molecule has 6 heteroatoms. The van der Waals surface area contributed by atoms with Crippen LogP contribution < -0.4 is 5.73 Å². The third-order valence-electron chi connectivity index (χ3n) is 3.97. The Morgan fingerprint density at radius 2 is 1.91 bits per heavy atom. The fraction of sp³-hybridized carbons (Fsp3) is 0.500. The van der Waals surface area contributed by atoms with Gasteiger partial charge in [0.05, 0.1) is 0 Å². The fourth-order valence-electron chi connectivity index (χ4n) is 2.82. The summed E-state index contributed by atoms with van der Waals surface area (Å²) in [5.74, 6) is -0.316. The Bertz CT molecular complexity index is 535. The smallest absolute Gasteiger partial charge is 0.263 e. The second-order valence-corrected chi connectivity index (χ2v) is 5.69. The number of amides is 1. The highest BCUT2D eigenvalue weighted by Gasteiger charge is 2.28. The van der Waals surface area contributed by atoms with Crippen LogP contribution in [-0.4, -0.2) is 35.3 Å². The quantitative estimate of drug-likeness (QED) is 0.527. The maximum Gasteiger partial charge on any atom is 0.263 e. The molecule has 5 nitrogen and oxygen atoms in total. The highest BCUT2D eigenvalue weighted by Crippen LogP contribution is 2.22. The van der Waals surface area contributed by atoms with E-state index in [9.17, 15) is 9.18 Å². The molecule has 1 amide bonds. The fourth-order valence-corrected chi connectivity index (χ4v) is 2.82. The first kappa shape index (κ1) is 16.3. The highest BCUT2D eigenvalue weighted by atomic mass is 19.1. The first-order chi connectivity index (χ1) is 10.5. The summed E-state index contributed by atoms with van der Waals surface area (Å²) >= 11 is 0. The lowest BCUT2D eigenvalue weighted by atomic mass is 9.97. The number of hydrogen-bond donors (Lipinski definition) is 1. The van der Waals surface area contributed by atoms with E-state index >= 15 is 0 Å². The normalized spacial score (nSPS) is 22.5. The minimum absolute atomic E-state index is 0.0876. The predicted octanol–water partition coefficient (Wildman–Crippen LogP) is 2.25. The van der Waals surface area contributed by atoms with Gasteiger partial charge in [-0.3, -0.25) is 4.79 Å². The second-order valence-electron chi connectivity index (χ2n) is 5.69. The Kier molecular flexibility index (Phi) is 5.35. The third kappa shape index (κ3) is 3.96. The standard InChI is InChI=1S/C16H22FN3O2/c1-11-4-3-5-12(2)20(11)15(21)10-22-19-16(18)13-6-8-14(17)9-7-13/h6-9,11-12H,3-5,10H2,1-2H3,(H2,18,19). The van der Waals surface area contributed by atoms with Gasteiger partial charge in [0.15, 0.2) is 12.4 Å². The summed E-state index contributed by atoms with van der Waals surface area (Å²) in [5.41, 5.74) is 6.29. The van der Waals surface area contributed by atoms with Gasteiger partial charge in [0.25, 0.3) is 5.91 Å². The van der Waals surface area contributed by atoms with Crippen molar-refractivity contribution in [3.63, 3.8) is 0 Å². The van der Waals surface area contributed by atoms with Crippen LogP contribution in [0, 0.1) is 5.82 Å². The van der Waals surface area contributed by atoms with Crippen molar-refractivity contribution in [3.8, 4) is 0 Å². The van der Waals surface area contributed by atoms with Gasteiger partial charge in [0.1, 0.15) is 5.82 Å². The number of nitrogens with zero attached hydrogens (tertiary/aromatic N) is 2. The molecule has 1 aromatic carbocycles. The van der Waals surface area contributed by atoms with Crippen LogP contribution >= 0.6 is 0 Å². The number of piperidine rings is 1. The van der Waals surface area contributed by atoms with Crippen molar-refractivity contribution in [2.75, 3.05) is 6.61 Å². The summed E-state index contributed by atoms with van der Waals surface area (Å²) < 4.78 is 12.8. The number of nitrogens with two attached hydrogens (primary N) is 1. The molecule has 1 saturated heterocycles. The number of carbonyl (C=O) groups excluding carboxylic acids is 1. The van der Waals surface area contributed by atoms with Crippen molar-refractivity contribution in [3.05, 3.63) is 35.6 Å². The second kappa shape index (κ2) is 7.24. The van der Waals surface area contributed by atoms with E-state index in [-0.39, 0.29) is 36.3 Å². The zero-order valence-electron chi connectivity index (χ0n) is 13.0. The van der Waals surface area contributed by atoms with Gasteiger partial charge < -0.3 is 15.5 Å². The Balaban J connectivity index is 1.90. The Hall–Kier alpha value is -2.11. The summed E-state index contributed by atoms with van der Waals surface area (Å²) in [6, 6.07) is 6.04. The van der Waals surface area contributed by atoms with Gasteiger partial charge in [-0.25, -0.2) is 4.39 Å². The molecule has 0 radical (unpaired) electrons. The average Bonchev–Trinajstić information content (AvgIpc) is 2.47. The molecule has 2 N–H and O–H groups in total. The Morgan fingerprint density at radius 1 is 1.32 bits per heavy atom. The van der Waals surface area contributed by atoms with E-state index in [4.69, 9.17) is 10.6 Å². The van der Waals surface area contributed by atoms with Crippen LogP contribution in [0.2, 0.25) is 0 Å². The molecule has 120 valence electrons. The van der Waals surface area contributed by atoms with Crippen molar-refractivity contribution < 1.29 is 14.0 Å². The third-order valence-corrected chi connectivity index (χ3v) is 3.97. The lowest BCUT2D eigenvalue weighted by Gasteiger charge is -2.38.